The van der Waals surface area contributed by atoms with Gasteiger partial charge in [0.1, 0.15) is 5.52 Å². The fraction of sp³-hybridized carbons (Fsp3) is 0. The minimum Gasteiger partial charge on any atom is -0.501 e. The van der Waals surface area contributed by atoms with Crippen LogP contribution in [0.1, 0.15) is 0 Å². The highest BCUT2D eigenvalue weighted by Gasteiger charge is 2.21. The van der Waals surface area contributed by atoms with Crippen LogP contribution in [0.25, 0.3) is 10.9 Å². The summed E-state index contributed by atoms with van der Waals surface area (Å²) in [7, 11) is 0. The number of phenols is 1. The maximum atomic E-state index is 10.6. The fourth-order valence-corrected chi connectivity index (χ4v) is 1.96. The number of hydrogen-bond donors (Lipinski definition) is 1. The zero-order valence-corrected chi connectivity index (χ0v) is 9.16. The van der Waals surface area contributed by atoms with E-state index in [2.05, 4.69) is 4.98 Å². The average Bonchev–Trinajstić information content (AvgIpc) is 2.22. The molecule has 1 aromatic heterocycles. The summed E-state index contributed by atoms with van der Waals surface area (Å²) in [6, 6.07) is 2.54. The number of rotatable bonds is 1. The Bertz CT molecular complexity index is 601. The molecule has 16 heavy (non-hydrogen) atoms. The number of halogens is 2. The van der Waals surface area contributed by atoms with Gasteiger partial charge in [0, 0.05) is 17.6 Å². The minimum absolute atomic E-state index is 0.0201. The van der Waals surface area contributed by atoms with Gasteiger partial charge >= 0.3 is 5.69 Å². The lowest BCUT2D eigenvalue weighted by atomic mass is 10.2. The van der Waals surface area contributed by atoms with Crippen molar-refractivity contribution < 1.29 is 10.0 Å². The molecule has 0 bridgehead atoms. The molecular weight excluding hydrogens is 255 g/mol. The molecule has 7 heteroatoms. The molecule has 0 unspecified atom stereocenters. The highest BCUT2D eigenvalue weighted by atomic mass is 35.5. The van der Waals surface area contributed by atoms with Crippen LogP contribution in [0.5, 0.6) is 5.75 Å². The number of nitrogens with zero attached hydrogens (tertiary/aromatic N) is 2. The second-order valence-corrected chi connectivity index (χ2v) is 3.81. The van der Waals surface area contributed by atoms with Crippen molar-refractivity contribution in [2.45, 2.75) is 0 Å². The lowest BCUT2D eigenvalue weighted by Gasteiger charge is -2.04. The van der Waals surface area contributed by atoms with E-state index in [1.54, 1.807) is 0 Å². The largest absolute Gasteiger partial charge is 0.501 e. The van der Waals surface area contributed by atoms with E-state index >= 15 is 0 Å². The van der Waals surface area contributed by atoms with E-state index in [-0.39, 0.29) is 15.6 Å². The van der Waals surface area contributed by atoms with Crippen LogP contribution in [-0.2, 0) is 0 Å². The third-order valence-electron chi connectivity index (χ3n) is 2.07. The molecule has 2 aromatic rings. The van der Waals surface area contributed by atoms with Gasteiger partial charge in [-0.15, -0.1) is 0 Å². The first-order chi connectivity index (χ1) is 7.52. The van der Waals surface area contributed by atoms with E-state index in [0.717, 1.165) is 6.07 Å². The molecular formula is C9H4Cl2N2O3. The Labute approximate surface area is 99.4 Å². The van der Waals surface area contributed by atoms with Gasteiger partial charge in [0.2, 0.25) is 5.75 Å². The molecule has 1 N–H and O–H groups in total. The Balaban J connectivity index is 2.96. The number of fused-ring (bicyclic) bond motifs is 1. The molecule has 5 nitrogen and oxygen atoms in total. The van der Waals surface area contributed by atoms with Crippen LogP contribution in [0, 0.1) is 10.1 Å². The molecule has 0 aliphatic rings. The Morgan fingerprint density at radius 3 is 2.69 bits per heavy atom. The van der Waals surface area contributed by atoms with Crippen molar-refractivity contribution in [3.8, 4) is 5.75 Å². The standard InChI is InChI=1S/C9H4Cl2N2O3/c10-4-1-2-12-8-7(4)5(11)3-6(9(8)14)13(15)16/h1-3,14H. The Kier molecular flexibility index (Phi) is 2.57. The first-order valence-corrected chi connectivity index (χ1v) is 4.88. The summed E-state index contributed by atoms with van der Waals surface area (Å²) in [6.45, 7) is 0. The van der Waals surface area contributed by atoms with Gasteiger partial charge in [0.05, 0.1) is 15.0 Å². The summed E-state index contributed by atoms with van der Waals surface area (Å²) in [6.07, 6.45) is 1.34. The van der Waals surface area contributed by atoms with Crippen LogP contribution in [0.2, 0.25) is 10.0 Å². The predicted octanol–water partition coefficient (Wildman–Crippen LogP) is 3.16. The lowest BCUT2D eigenvalue weighted by Crippen LogP contribution is -1.91. The number of nitro groups is 1. The first-order valence-electron chi connectivity index (χ1n) is 4.12. The number of aromatic hydroxyl groups is 1. The average molecular weight is 259 g/mol. The molecule has 0 fully saturated rings. The summed E-state index contributed by atoms with van der Waals surface area (Å²) in [5.41, 5.74) is -0.473. The third-order valence-corrected chi connectivity index (χ3v) is 2.68. The van der Waals surface area contributed by atoms with Crippen LogP contribution in [0.15, 0.2) is 18.3 Å². The highest BCUT2D eigenvalue weighted by Crippen LogP contribution is 2.40. The molecule has 0 aliphatic heterocycles. The molecule has 0 radical (unpaired) electrons. The zero-order valence-electron chi connectivity index (χ0n) is 7.65. The maximum absolute atomic E-state index is 10.6. The minimum atomic E-state index is -0.733. The van der Waals surface area contributed by atoms with Crippen molar-refractivity contribution in [1.29, 1.82) is 0 Å². The summed E-state index contributed by atoms with van der Waals surface area (Å²) in [4.78, 5) is 13.7. The summed E-state index contributed by atoms with van der Waals surface area (Å²) in [5.74, 6) is -0.535. The molecule has 2 rings (SSSR count). The van der Waals surface area contributed by atoms with E-state index in [4.69, 9.17) is 23.2 Å². The number of aromatic nitrogens is 1. The summed E-state index contributed by atoms with van der Waals surface area (Å²) >= 11 is 11.7. The second-order valence-electron chi connectivity index (χ2n) is 3.00. The van der Waals surface area contributed by atoms with E-state index < -0.39 is 16.4 Å². The van der Waals surface area contributed by atoms with Crippen LogP contribution in [0.3, 0.4) is 0 Å². The number of pyridine rings is 1. The quantitative estimate of drug-likeness (QED) is 0.630. The number of phenolic OH excluding ortho intramolecular Hbond substituents is 1. The third kappa shape index (κ3) is 1.54. The molecule has 0 amide bonds. The van der Waals surface area contributed by atoms with Gasteiger partial charge in [-0.05, 0) is 6.07 Å². The van der Waals surface area contributed by atoms with Crippen molar-refractivity contribution >= 4 is 39.8 Å². The predicted molar refractivity (Wildman–Crippen MR) is 60.1 cm³/mol. The molecule has 0 saturated heterocycles. The van der Waals surface area contributed by atoms with E-state index in [1.807, 2.05) is 0 Å². The SMILES string of the molecule is O=[N+]([O-])c1cc(Cl)c2c(Cl)ccnc2c1O. The van der Waals surface area contributed by atoms with Gasteiger partial charge in [0.25, 0.3) is 0 Å². The van der Waals surface area contributed by atoms with Gasteiger partial charge < -0.3 is 5.11 Å². The van der Waals surface area contributed by atoms with Crippen molar-refractivity contribution in [3.63, 3.8) is 0 Å². The fourth-order valence-electron chi connectivity index (χ4n) is 1.37. The van der Waals surface area contributed by atoms with Crippen molar-refractivity contribution in [2.75, 3.05) is 0 Å². The van der Waals surface area contributed by atoms with Crippen molar-refractivity contribution in [1.82, 2.24) is 4.98 Å². The normalized spacial score (nSPS) is 10.6. The number of benzene rings is 1. The van der Waals surface area contributed by atoms with E-state index in [1.165, 1.54) is 12.3 Å². The number of nitro benzene ring substituents is 1. The van der Waals surface area contributed by atoms with Crippen LogP contribution >= 0.6 is 23.2 Å². The van der Waals surface area contributed by atoms with E-state index in [9.17, 15) is 15.2 Å². The van der Waals surface area contributed by atoms with Crippen molar-refractivity contribution in [2.24, 2.45) is 0 Å². The van der Waals surface area contributed by atoms with Crippen molar-refractivity contribution in [3.05, 3.63) is 38.5 Å². The zero-order chi connectivity index (χ0) is 11.9. The van der Waals surface area contributed by atoms with E-state index in [0.29, 0.717) is 5.39 Å². The van der Waals surface area contributed by atoms with Crippen LogP contribution in [0.4, 0.5) is 5.69 Å². The smallest absolute Gasteiger partial charge is 0.314 e. The van der Waals surface area contributed by atoms with Gasteiger partial charge in [-0.2, -0.15) is 0 Å². The van der Waals surface area contributed by atoms with Crippen LogP contribution < -0.4 is 0 Å². The van der Waals surface area contributed by atoms with Gasteiger partial charge in [-0.1, -0.05) is 23.2 Å². The first kappa shape index (κ1) is 10.9. The molecule has 0 spiro atoms. The van der Waals surface area contributed by atoms with Gasteiger partial charge in [-0.3, -0.25) is 15.1 Å². The summed E-state index contributed by atoms with van der Waals surface area (Å²) < 4.78 is 0. The summed E-state index contributed by atoms with van der Waals surface area (Å²) in [5, 5.41) is 20.9. The monoisotopic (exact) mass is 258 g/mol. The van der Waals surface area contributed by atoms with Gasteiger partial charge in [0.15, 0.2) is 0 Å². The van der Waals surface area contributed by atoms with Gasteiger partial charge in [-0.25, -0.2) is 0 Å². The molecule has 0 aliphatic carbocycles. The molecule has 1 heterocycles. The maximum Gasteiger partial charge on any atom is 0.314 e. The Morgan fingerprint density at radius 1 is 1.38 bits per heavy atom. The highest BCUT2D eigenvalue weighted by molar-refractivity contribution is 6.42. The second kappa shape index (κ2) is 3.77. The van der Waals surface area contributed by atoms with Crippen LogP contribution in [-0.4, -0.2) is 15.0 Å². The Hall–Kier alpha value is -1.59. The topological polar surface area (TPSA) is 76.3 Å². The molecule has 0 saturated carbocycles. The number of hydrogen-bond acceptors (Lipinski definition) is 4. The molecule has 1 aromatic carbocycles. The molecule has 0 atom stereocenters. The molecule has 82 valence electrons. The lowest BCUT2D eigenvalue weighted by molar-refractivity contribution is -0.385. The Morgan fingerprint density at radius 2 is 2.06 bits per heavy atom.